The number of benzene rings is 2. The second kappa shape index (κ2) is 9.57. The van der Waals surface area contributed by atoms with E-state index in [2.05, 4.69) is 27.6 Å². The van der Waals surface area contributed by atoms with Crippen LogP contribution in [0, 0.1) is 3.57 Å². The van der Waals surface area contributed by atoms with Crippen LogP contribution in [0.1, 0.15) is 23.8 Å². The summed E-state index contributed by atoms with van der Waals surface area (Å²) in [6, 6.07) is 14.7. The van der Waals surface area contributed by atoms with Gasteiger partial charge in [0.15, 0.2) is 23.0 Å². The molecule has 1 aliphatic heterocycles. The van der Waals surface area contributed by atoms with Crippen LogP contribution in [0.2, 0.25) is 5.02 Å². The van der Waals surface area contributed by atoms with Crippen LogP contribution in [0.3, 0.4) is 0 Å². The topological polar surface area (TPSA) is 70.3 Å². The molecule has 0 unspecified atom stereocenters. The van der Waals surface area contributed by atoms with E-state index in [1.54, 1.807) is 30.3 Å². The molecule has 31 heavy (non-hydrogen) atoms. The van der Waals surface area contributed by atoms with E-state index >= 15 is 0 Å². The Balaban J connectivity index is 1.62. The third kappa shape index (κ3) is 4.94. The lowest BCUT2D eigenvalue weighted by atomic mass is 10.1. The maximum atomic E-state index is 12.2. The van der Waals surface area contributed by atoms with Crippen molar-refractivity contribution in [2.75, 3.05) is 6.61 Å². The average Bonchev–Trinajstić information content (AvgIpc) is 3.39. The van der Waals surface area contributed by atoms with Gasteiger partial charge in [-0.3, -0.25) is 0 Å². The van der Waals surface area contributed by atoms with Gasteiger partial charge < -0.3 is 18.6 Å². The van der Waals surface area contributed by atoms with Crippen molar-refractivity contribution in [3.63, 3.8) is 0 Å². The second-order valence-corrected chi connectivity index (χ2v) is 8.03. The molecule has 0 saturated carbocycles. The third-order valence-electron chi connectivity index (χ3n) is 4.32. The van der Waals surface area contributed by atoms with Gasteiger partial charge in [-0.1, -0.05) is 29.8 Å². The number of furan rings is 1. The highest BCUT2D eigenvalue weighted by Crippen LogP contribution is 2.38. The van der Waals surface area contributed by atoms with E-state index < -0.39 is 5.97 Å². The Labute approximate surface area is 197 Å². The van der Waals surface area contributed by atoms with Crippen LogP contribution in [0.25, 0.3) is 6.08 Å². The summed E-state index contributed by atoms with van der Waals surface area (Å²) in [6.45, 7) is 2.65. The van der Waals surface area contributed by atoms with Crippen LogP contribution in [-0.2, 0) is 16.1 Å². The van der Waals surface area contributed by atoms with Crippen molar-refractivity contribution in [3.8, 4) is 11.5 Å². The Bertz CT molecular complexity index is 1170. The molecule has 4 rings (SSSR count). The van der Waals surface area contributed by atoms with Crippen LogP contribution in [-0.4, -0.2) is 18.5 Å². The van der Waals surface area contributed by atoms with Crippen molar-refractivity contribution in [3.05, 3.63) is 86.0 Å². The molecule has 2 heterocycles. The first-order valence-corrected chi connectivity index (χ1v) is 10.9. The Morgan fingerprint density at radius 3 is 2.74 bits per heavy atom. The maximum Gasteiger partial charge on any atom is 0.363 e. The van der Waals surface area contributed by atoms with E-state index in [-0.39, 0.29) is 11.6 Å². The molecule has 0 bridgehead atoms. The fraction of sp³-hybridized carbons (Fsp3) is 0.130. The summed E-state index contributed by atoms with van der Waals surface area (Å²) in [6.07, 6.45) is 3.06. The molecule has 0 saturated heterocycles. The van der Waals surface area contributed by atoms with Gasteiger partial charge in [0.25, 0.3) is 5.90 Å². The molecule has 0 atom stereocenters. The predicted octanol–water partition coefficient (Wildman–Crippen LogP) is 5.86. The van der Waals surface area contributed by atoms with Gasteiger partial charge in [-0.05, 0) is 71.5 Å². The van der Waals surface area contributed by atoms with Crippen LogP contribution < -0.4 is 9.47 Å². The van der Waals surface area contributed by atoms with E-state index in [0.29, 0.717) is 41.1 Å². The number of rotatable bonds is 7. The molecule has 0 spiro atoms. The summed E-state index contributed by atoms with van der Waals surface area (Å²) in [5.74, 6) is 0.854. The summed E-state index contributed by atoms with van der Waals surface area (Å²) in [4.78, 5) is 16.4. The van der Waals surface area contributed by atoms with Gasteiger partial charge in [-0.25, -0.2) is 9.79 Å². The molecule has 0 amide bonds. The molecular formula is C23H17ClINO5. The van der Waals surface area contributed by atoms with Gasteiger partial charge in [-0.2, -0.15) is 0 Å². The molecule has 0 aliphatic carbocycles. The molecule has 0 N–H and O–H groups in total. The third-order valence-corrected chi connectivity index (χ3v) is 5.65. The highest BCUT2D eigenvalue weighted by atomic mass is 127. The highest BCUT2D eigenvalue weighted by molar-refractivity contribution is 14.1. The molecule has 0 radical (unpaired) electrons. The van der Waals surface area contributed by atoms with Gasteiger partial charge in [0.2, 0.25) is 0 Å². The number of cyclic esters (lactones) is 1. The Kier molecular flexibility index (Phi) is 6.62. The highest BCUT2D eigenvalue weighted by Gasteiger charge is 2.26. The van der Waals surface area contributed by atoms with Gasteiger partial charge in [-0.15, -0.1) is 0 Å². The van der Waals surface area contributed by atoms with E-state index in [0.717, 1.165) is 9.13 Å². The summed E-state index contributed by atoms with van der Waals surface area (Å²) in [7, 11) is 0. The molecule has 3 aromatic rings. The number of halogens is 2. The molecule has 6 nitrogen and oxygen atoms in total. The predicted molar refractivity (Wildman–Crippen MR) is 125 cm³/mol. The van der Waals surface area contributed by atoms with Crippen molar-refractivity contribution < 1.29 is 23.4 Å². The minimum Gasteiger partial charge on any atom is -0.490 e. The second-order valence-electron chi connectivity index (χ2n) is 6.46. The molecule has 0 fully saturated rings. The molecule has 8 heteroatoms. The van der Waals surface area contributed by atoms with E-state index in [1.807, 2.05) is 31.2 Å². The zero-order valence-corrected chi connectivity index (χ0v) is 19.3. The Morgan fingerprint density at radius 1 is 1.16 bits per heavy atom. The monoisotopic (exact) mass is 549 g/mol. The van der Waals surface area contributed by atoms with Crippen molar-refractivity contribution in [1.82, 2.24) is 0 Å². The first-order valence-electron chi connectivity index (χ1n) is 9.44. The zero-order valence-electron chi connectivity index (χ0n) is 16.4. The van der Waals surface area contributed by atoms with Gasteiger partial charge >= 0.3 is 5.97 Å². The summed E-state index contributed by atoms with van der Waals surface area (Å²) in [5, 5.41) is 0.366. The normalized spacial score (nSPS) is 14.5. The van der Waals surface area contributed by atoms with E-state index in [4.69, 9.17) is 30.2 Å². The first-order chi connectivity index (χ1) is 15.0. The smallest absolute Gasteiger partial charge is 0.363 e. The number of nitrogens with zero attached hydrogens (tertiary/aromatic N) is 1. The zero-order chi connectivity index (χ0) is 21.8. The number of carbonyl (C=O) groups excluding carboxylic acids is 1. The van der Waals surface area contributed by atoms with Crippen molar-refractivity contribution in [2.45, 2.75) is 13.5 Å². The van der Waals surface area contributed by atoms with Crippen LogP contribution >= 0.6 is 34.2 Å². The number of hydrogen-bond acceptors (Lipinski definition) is 6. The van der Waals surface area contributed by atoms with Crippen molar-refractivity contribution in [1.29, 1.82) is 0 Å². The largest absolute Gasteiger partial charge is 0.490 e. The number of aliphatic imine (C=N–C) groups is 1. The van der Waals surface area contributed by atoms with Crippen molar-refractivity contribution in [2.24, 2.45) is 4.99 Å². The van der Waals surface area contributed by atoms with Crippen molar-refractivity contribution >= 4 is 52.1 Å². The lowest BCUT2D eigenvalue weighted by molar-refractivity contribution is -0.130. The number of esters is 1. The average molecular weight is 550 g/mol. The minimum absolute atomic E-state index is 0.120. The minimum atomic E-state index is -0.570. The Hall–Kier alpha value is -2.78. The number of carbonyl (C=O) groups is 1. The molecule has 158 valence electrons. The van der Waals surface area contributed by atoms with Crippen LogP contribution in [0.15, 0.2) is 69.9 Å². The van der Waals surface area contributed by atoms with E-state index in [1.165, 1.54) is 6.26 Å². The first kappa shape index (κ1) is 21.5. The van der Waals surface area contributed by atoms with Gasteiger partial charge in [0.05, 0.1) is 17.9 Å². The Morgan fingerprint density at radius 2 is 2.00 bits per heavy atom. The molecular weight excluding hydrogens is 533 g/mol. The molecule has 1 aliphatic rings. The summed E-state index contributed by atoms with van der Waals surface area (Å²) >= 11 is 8.77. The molecule has 1 aromatic heterocycles. The fourth-order valence-electron chi connectivity index (χ4n) is 2.91. The fourth-order valence-corrected chi connectivity index (χ4v) is 3.73. The lowest BCUT2D eigenvalue weighted by Crippen LogP contribution is -2.04. The standard InChI is InChI=1S/C23H17ClINO5/c1-2-28-20-12-14(11-18-23(27)31-22(26-18)19-8-5-9-29-19)10-16(24)21(20)30-13-15-6-3-4-7-17(15)25/h3-12H,2,13H2,1H3/b18-11-. The summed E-state index contributed by atoms with van der Waals surface area (Å²) < 4.78 is 23.2. The van der Waals surface area contributed by atoms with E-state index in [9.17, 15) is 4.79 Å². The maximum absolute atomic E-state index is 12.2. The quantitative estimate of drug-likeness (QED) is 0.210. The number of hydrogen-bond donors (Lipinski definition) is 0. The van der Waals surface area contributed by atoms with Crippen LogP contribution in [0.4, 0.5) is 0 Å². The lowest BCUT2D eigenvalue weighted by Gasteiger charge is -2.15. The van der Waals surface area contributed by atoms with Crippen LogP contribution in [0.5, 0.6) is 11.5 Å². The molecule has 2 aromatic carbocycles. The number of ether oxygens (including phenoxy) is 3. The summed E-state index contributed by atoms with van der Waals surface area (Å²) in [5.41, 5.74) is 1.81. The SMILES string of the molecule is CCOc1cc(/C=C2\N=C(c3ccco3)OC2=O)cc(Cl)c1OCc1ccccc1I. The van der Waals surface area contributed by atoms with Gasteiger partial charge in [0.1, 0.15) is 6.61 Å². The van der Waals surface area contributed by atoms with Gasteiger partial charge in [0, 0.05) is 9.13 Å².